The Hall–Kier alpha value is -0.770. The molecule has 1 aliphatic rings. The van der Waals surface area contributed by atoms with Crippen molar-refractivity contribution in [3.05, 3.63) is 11.6 Å². The Morgan fingerprint density at radius 2 is 2.36 bits per heavy atom. The number of aliphatic imine (C=N–C) groups is 1. The lowest BCUT2D eigenvalue weighted by Crippen LogP contribution is -2.35. The lowest BCUT2D eigenvalue weighted by Gasteiger charge is -2.23. The summed E-state index contributed by atoms with van der Waals surface area (Å²) in [7, 11) is 0. The number of hydrogen-bond donors (Lipinski definition) is 1. The van der Waals surface area contributed by atoms with E-state index in [0.29, 0.717) is 0 Å². The summed E-state index contributed by atoms with van der Waals surface area (Å²) >= 11 is 1.46. The SMILES string of the molecule is CC1(C)SC=CN=C1C(=O)O. The van der Waals surface area contributed by atoms with Gasteiger partial charge in [-0.2, -0.15) is 0 Å². The van der Waals surface area contributed by atoms with Gasteiger partial charge in [0.1, 0.15) is 5.71 Å². The Balaban J connectivity index is 2.97. The van der Waals surface area contributed by atoms with E-state index in [9.17, 15) is 4.79 Å². The van der Waals surface area contributed by atoms with Crippen LogP contribution in [0.2, 0.25) is 0 Å². The fourth-order valence-corrected chi connectivity index (χ4v) is 1.54. The van der Waals surface area contributed by atoms with E-state index in [1.54, 1.807) is 5.41 Å². The molecule has 1 heterocycles. The van der Waals surface area contributed by atoms with Crippen molar-refractivity contribution in [3.63, 3.8) is 0 Å². The highest BCUT2D eigenvalue weighted by molar-refractivity contribution is 8.04. The van der Waals surface area contributed by atoms with Gasteiger partial charge < -0.3 is 5.11 Å². The van der Waals surface area contributed by atoms with Gasteiger partial charge in [-0.15, -0.1) is 11.8 Å². The highest BCUT2D eigenvalue weighted by Gasteiger charge is 2.31. The molecule has 0 saturated heterocycles. The second-order valence-electron chi connectivity index (χ2n) is 2.70. The third-order valence-electron chi connectivity index (χ3n) is 1.40. The predicted molar refractivity (Wildman–Crippen MR) is 45.9 cm³/mol. The van der Waals surface area contributed by atoms with Crippen LogP contribution in [-0.2, 0) is 4.79 Å². The van der Waals surface area contributed by atoms with E-state index in [1.165, 1.54) is 18.0 Å². The molecule has 0 aromatic rings. The zero-order chi connectivity index (χ0) is 8.48. The normalized spacial score (nSPS) is 21.1. The van der Waals surface area contributed by atoms with Gasteiger partial charge in [0.05, 0.1) is 4.75 Å². The van der Waals surface area contributed by atoms with E-state index in [2.05, 4.69) is 4.99 Å². The van der Waals surface area contributed by atoms with E-state index in [0.717, 1.165) is 0 Å². The summed E-state index contributed by atoms with van der Waals surface area (Å²) in [5.41, 5.74) is 0.213. The minimum Gasteiger partial charge on any atom is -0.477 e. The number of thioether (sulfide) groups is 1. The lowest BCUT2D eigenvalue weighted by molar-refractivity contribution is -0.129. The monoisotopic (exact) mass is 171 g/mol. The molecule has 0 bridgehead atoms. The summed E-state index contributed by atoms with van der Waals surface area (Å²) in [5.74, 6) is -0.938. The van der Waals surface area contributed by atoms with Crippen LogP contribution in [-0.4, -0.2) is 21.5 Å². The molecule has 0 fully saturated rings. The molecule has 0 unspecified atom stereocenters. The van der Waals surface area contributed by atoms with Crippen molar-refractivity contribution in [1.82, 2.24) is 0 Å². The lowest BCUT2D eigenvalue weighted by atomic mass is 10.1. The van der Waals surface area contributed by atoms with Crippen molar-refractivity contribution >= 4 is 23.4 Å². The maximum Gasteiger partial charge on any atom is 0.351 e. The number of aliphatic carboxylic acids is 1. The fraction of sp³-hybridized carbons (Fsp3) is 0.429. The van der Waals surface area contributed by atoms with Crippen LogP contribution in [0.1, 0.15) is 13.8 Å². The molecule has 3 nitrogen and oxygen atoms in total. The van der Waals surface area contributed by atoms with Crippen LogP contribution in [0, 0.1) is 0 Å². The van der Waals surface area contributed by atoms with Crippen molar-refractivity contribution < 1.29 is 9.90 Å². The Labute approximate surface area is 69.2 Å². The van der Waals surface area contributed by atoms with E-state index >= 15 is 0 Å². The van der Waals surface area contributed by atoms with Crippen molar-refractivity contribution in [2.45, 2.75) is 18.6 Å². The minimum absolute atomic E-state index is 0.213. The zero-order valence-corrected chi connectivity index (χ0v) is 7.18. The predicted octanol–water partition coefficient (Wildman–Crippen LogP) is 1.51. The van der Waals surface area contributed by atoms with Gasteiger partial charge in [-0.25, -0.2) is 4.79 Å². The van der Waals surface area contributed by atoms with Gasteiger partial charge >= 0.3 is 5.97 Å². The van der Waals surface area contributed by atoms with Crippen LogP contribution in [0.15, 0.2) is 16.6 Å². The molecule has 0 atom stereocenters. The summed E-state index contributed by atoms with van der Waals surface area (Å²) in [6, 6.07) is 0. The second-order valence-corrected chi connectivity index (χ2v) is 4.22. The molecule has 60 valence electrons. The van der Waals surface area contributed by atoms with Crippen molar-refractivity contribution in [1.29, 1.82) is 0 Å². The van der Waals surface area contributed by atoms with E-state index < -0.39 is 10.7 Å². The van der Waals surface area contributed by atoms with Crippen LogP contribution in [0.3, 0.4) is 0 Å². The standard InChI is InChI=1S/C7H9NO2S/c1-7(2)5(6(9)10)8-3-4-11-7/h3-4H,1-2H3,(H,9,10). The number of nitrogens with zero attached hydrogens (tertiary/aromatic N) is 1. The zero-order valence-electron chi connectivity index (χ0n) is 6.37. The summed E-state index contributed by atoms with van der Waals surface area (Å²) in [5, 5.41) is 10.5. The Kier molecular flexibility index (Phi) is 2.04. The van der Waals surface area contributed by atoms with Crippen LogP contribution >= 0.6 is 11.8 Å². The Morgan fingerprint density at radius 3 is 2.73 bits per heavy atom. The van der Waals surface area contributed by atoms with Crippen molar-refractivity contribution in [2.24, 2.45) is 4.99 Å². The topological polar surface area (TPSA) is 49.7 Å². The first-order chi connectivity index (χ1) is 5.04. The molecule has 1 aliphatic heterocycles. The molecule has 0 radical (unpaired) electrons. The minimum atomic E-state index is -0.938. The Bertz CT molecular complexity index is 243. The van der Waals surface area contributed by atoms with Gasteiger partial charge in [-0.1, -0.05) is 0 Å². The van der Waals surface area contributed by atoms with Gasteiger partial charge in [0.25, 0.3) is 0 Å². The number of carboxylic acid groups (broad SMARTS) is 1. The van der Waals surface area contributed by atoms with Crippen LogP contribution in [0.25, 0.3) is 0 Å². The third-order valence-corrected chi connectivity index (χ3v) is 2.44. The molecule has 0 spiro atoms. The average molecular weight is 171 g/mol. The van der Waals surface area contributed by atoms with Gasteiger partial charge in [0.15, 0.2) is 0 Å². The third kappa shape index (κ3) is 1.63. The number of carbonyl (C=O) groups is 1. The van der Waals surface area contributed by atoms with Gasteiger partial charge in [0, 0.05) is 6.20 Å². The molecule has 1 rings (SSSR count). The van der Waals surface area contributed by atoms with E-state index in [-0.39, 0.29) is 5.71 Å². The number of hydrogen-bond acceptors (Lipinski definition) is 3. The van der Waals surface area contributed by atoms with E-state index in [4.69, 9.17) is 5.11 Å². The first-order valence-electron chi connectivity index (χ1n) is 3.18. The molecule has 4 heteroatoms. The average Bonchev–Trinajstić information content (AvgIpc) is 1.85. The number of carboxylic acids is 1. The molecule has 0 aromatic heterocycles. The first kappa shape index (κ1) is 8.33. The second kappa shape index (κ2) is 2.70. The number of rotatable bonds is 1. The van der Waals surface area contributed by atoms with Crippen LogP contribution in [0.5, 0.6) is 0 Å². The summed E-state index contributed by atoms with van der Waals surface area (Å²) < 4.78 is -0.402. The van der Waals surface area contributed by atoms with Crippen molar-refractivity contribution in [2.75, 3.05) is 0 Å². The molecule has 0 saturated carbocycles. The molecular formula is C7H9NO2S. The maximum atomic E-state index is 10.6. The first-order valence-corrected chi connectivity index (χ1v) is 4.06. The quantitative estimate of drug-likeness (QED) is 0.650. The molecule has 0 amide bonds. The van der Waals surface area contributed by atoms with Gasteiger partial charge in [-0.3, -0.25) is 4.99 Å². The molecular weight excluding hydrogens is 162 g/mol. The Morgan fingerprint density at radius 1 is 1.73 bits per heavy atom. The smallest absolute Gasteiger partial charge is 0.351 e. The summed E-state index contributed by atoms with van der Waals surface area (Å²) in [4.78, 5) is 14.4. The summed E-state index contributed by atoms with van der Waals surface area (Å²) in [6.07, 6.45) is 1.51. The summed E-state index contributed by atoms with van der Waals surface area (Å²) in [6.45, 7) is 3.68. The molecule has 0 aromatic carbocycles. The highest BCUT2D eigenvalue weighted by Crippen LogP contribution is 2.30. The fourth-order valence-electron chi connectivity index (χ4n) is 0.830. The molecule has 11 heavy (non-hydrogen) atoms. The van der Waals surface area contributed by atoms with Gasteiger partial charge in [-0.05, 0) is 19.3 Å². The van der Waals surface area contributed by atoms with Crippen LogP contribution < -0.4 is 0 Å². The van der Waals surface area contributed by atoms with Crippen molar-refractivity contribution in [3.8, 4) is 0 Å². The molecule has 0 aliphatic carbocycles. The van der Waals surface area contributed by atoms with Crippen LogP contribution in [0.4, 0.5) is 0 Å². The molecule has 1 N–H and O–H groups in total. The van der Waals surface area contributed by atoms with Gasteiger partial charge in [0.2, 0.25) is 0 Å². The maximum absolute atomic E-state index is 10.6. The van der Waals surface area contributed by atoms with E-state index in [1.807, 2.05) is 13.8 Å². The largest absolute Gasteiger partial charge is 0.477 e. The highest BCUT2D eigenvalue weighted by atomic mass is 32.2.